The van der Waals surface area contributed by atoms with E-state index in [-0.39, 0.29) is 34.8 Å². The first-order valence-corrected chi connectivity index (χ1v) is 10.3. The van der Waals surface area contributed by atoms with Crippen LogP contribution in [0.5, 0.6) is 11.5 Å². The molecular weight excluding hydrogens is 447 g/mol. The summed E-state index contributed by atoms with van der Waals surface area (Å²) in [5, 5.41) is 4.27. The van der Waals surface area contributed by atoms with Gasteiger partial charge in [0.2, 0.25) is 0 Å². The number of hydrogen-bond acceptors (Lipinski definition) is 8. The first-order valence-electron chi connectivity index (χ1n) is 10.3. The zero-order valence-electron chi connectivity index (χ0n) is 18.9. The predicted octanol–water partition coefficient (Wildman–Crippen LogP) is 5.15. The van der Waals surface area contributed by atoms with Crippen molar-refractivity contribution in [3.05, 3.63) is 53.2 Å². The second kappa shape index (κ2) is 8.89. The molecule has 0 aliphatic carbocycles. The Kier molecular flexibility index (Phi) is 5.97. The maximum Gasteiger partial charge on any atom is 0.412 e. The zero-order valence-corrected chi connectivity index (χ0v) is 18.9. The average molecular weight is 468 g/mol. The number of methoxy groups -OCH3 is 1. The second-order valence-corrected chi connectivity index (χ2v) is 7.34. The lowest BCUT2D eigenvalue weighted by Crippen LogP contribution is -2.18. The van der Waals surface area contributed by atoms with Crippen molar-refractivity contribution in [3.63, 3.8) is 0 Å². The third kappa shape index (κ3) is 3.94. The maximum absolute atomic E-state index is 13.9. The van der Waals surface area contributed by atoms with Crippen LogP contribution in [0.25, 0.3) is 33.4 Å². The van der Waals surface area contributed by atoms with Gasteiger partial charge in [-0.3, -0.25) is 0 Å². The lowest BCUT2D eigenvalue weighted by molar-refractivity contribution is 0.0640. The molecule has 9 nitrogen and oxygen atoms in total. The van der Waals surface area contributed by atoms with Crippen molar-refractivity contribution in [3.8, 4) is 33.9 Å². The van der Waals surface area contributed by atoms with Crippen LogP contribution in [0.15, 0.2) is 39.3 Å². The first-order chi connectivity index (χ1) is 16.2. The fourth-order valence-corrected chi connectivity index (χ4v) is 3.85. The molecule has 0 radical (unpaired) electrons. The molecule has 0 aliphatic rings. The largest absolute Gasteiger partial charge is 0.496 e. The van der Waals surface area contributed by atoms with Crippen molar-refractivity contribution in [2.75, 3.05) is 13.7 Å². The number of esters is 1. The minimum absolute atomic E-state index is 0.0164. The Morgan fingerprint density at radius 1 is 1.12 bits per heavy atom. The van der Waals surface area contributed by atoms with Gasteiger partial charge in [0.15, 0.2) is 5.76 Å². The number of benzene rings is 2. The number of fused-ring (bicyclic) bond motifs is 1. The first kappa shape index (κ1) is 22.8. The highest BCUT2D eigenvalue weighted by Crippen LogP contribution is 2.44. The Morgan fingerprint density at radius 2 is 1.88 bits per heavy atom. The van der Waals surface area contributed by atoms with Gasteiger partial charge in [-0.25, -0.2) is 14.0 Å². The molecule has 1 amide bonds. The smallest absolute Gasteiger partial charge is 0.412 e. The van der Waals surface area contributed by atoms with Gasteiger partial charge in [0.1, 0.15) is 34.2 Å². The fraction of sp³-hybridized carbons (Fsp3) is 0.208. The number of furan rings is 1. The van der Waals surface area contributed by atoms with Crippen molar-refractivity contribution >= 4 is 23.0 Å². The number of nitrogens with zero attached hydrogens (tertiary/aromatic N) is 1. The van der Waals surface area contributed by atoms with E-state index in [0.717, 1.165) is 0 Å². The molecule has 176 valence electrons. The van der Waals surface area contributed by atoms with E-state index in [9.17, 15) is 14.0 Å². The highest BCUT2D eigenvalue weighted by molar-refractivity contribution is 6.12. The number of aryl methyl sites for hydroxylation is 2. The normalized spacial score (nSPS) is 11.0. The molecule has 4 rings (SSSR count). The van der Waals surface area contributed by atoms with Crippen LogP contribution in [0.4, 0.5) is 9.18 Å². The fourth-order valence-electron chi connectivity index (χ4n) is 3.85. The van der Waals surface area contributed by atoms with Crippen LogP contribution in [-0.4, -0.2) is 30.9 Å². The molecule has 2 aromatic carbocycles. The minimum atomic E-state index is -1.28. The Balaban J connectivity index is 2.05. The molecule has 2 aromatic heterocycles. The van der Waals surface area contributed by atoms with Gasteiger partial charge in [0.05, 0.1) is 30.5 Å². The number of rotatable bonds is 6. The van der Waals surface area contributed by atoms with Gasteiger partial charge in [0.25, 0.3) is 0 Å². The van der Waals surface area contributed by atoms with Crippen molar-refractivity contribution in [1.29, 1.82) is 0 Å². The Bertz CT molecular complexity index is 1400. The number of aromatic nitrogens is 1. The number of halogens is 1. The van der Waals surface area contributed by atoms with Gasteiger partial charge in [-0.1, -0.05) is 5.16 Å². The molecule has 0 saturated carbocycles. The quantitative estimate of drug-likeness (QED) is 0.304. The van der Waals surface area contributed by atoms with Crippen molar-refractivity contribution in [1.82, 2.24) is 5.16 Å². The van der Waals surface area contributed by atoms with Crippen molar-refractivity contribution in [2.24, 2.45) is 5.73 Å². The number of ether oxygens (including phenoxy) is 3. The number of amides is 1. The molecular formula is C24H21FN2O7. The summed E-state index contributed by atoms with van der Waals surface area (Å²) in [6.07, 6.45) is -1.28. The summed E-state index contributed by atoms with van der Waals surface area (Å²) in [4.78, 5) is 24.3. The minimum Gasteiger partial charge on any atom is -0.496 e. The Labute approximate surface area is 193 Å². The highest BCUT2D eigenvalue weighted by atomic mass is 19.1. The van der Waals surface area contributed by atoms with Crippen LogP contribution in [0.2, 0.25) is 0 Å². The predicted molar refractivity (Wildman–Crippen MR) is 119 cm³/mol. The maximum atomic E-state index is 13.9. The summed E-state index contributed by atoms with van der Waals surface area (Å²) >= 11 is 0. The van der Waals surface area contributed by atoms with Gasteiger partial charge in [-0.05, 0) is 45.0 Å². The van der Waals surface area contributed by atoms with E-state index < -0.39 is 17.9 Å². The molecule has 4 aromatic rings. The van der Waals surface area contributed by atoms with Crippen LogP contribution in [-0.2, 0) is 4.74 Å². The number of carbonyl (C=O) groups is 2. The van der Waals surface area contributed by atoms with E-state index in [2.05, 4.69) is 9.89 Å². The van der Waals surface area contributed by atoms with Crippen LogP contribution in [0.3, 0.4) is 0 Å². The van der Waals surface area contributed by atoms with Gasteiger partial charge in [0, 0.05) is 17.0 Å². The van der Waals surface area contributed by atoms with Gasteiger partial charge < -0.3 is 28.9 Å². The third-order valence-electron chi connectivity index (χ3n) is 5.20. The molecule has 0 atom stereocenters. The summed E-state index contributed by atoms with van der Waals surface area (Å²) in [5.74, 6) is -0.457. The van der Waals surface area contributed by atoms with E-state index in [4.69, 9.17) is 24.1 Å². The van der Waals surface area contributed by atoms with E-state index >= 15 is 0 Å². The molecule has 34 heavy (non-hydrogen) atoms. The standard InChI is InChI=1S/C24H21FN2O7/c1-5-31-18-8-13(25)6-7-14(18)22-21(23(28)33-24(26)29)16-9-17(30-4)15(10-19(16)32-22)20-11(2)27-34-12(20)3/h6-10H,5H2,1-4H3,(H2,26,29). The second-order valence-electron chi connectivity index (χ2n) is 7.34. The van der Waals surface area contributed by atoms with E-state index in [0.29, 0.717) is 33.7 Å². The lowest BCUT2D eigenvalue weighted by Gasteiger charge is -2.10. The molecule has 0 unspecified atom stereocenters. The summed E-state index contributed by atoms with van der Waals surface area (Å²) in [6.45, 7) is 5.51. The van der Waals surface area contributed by atoms with E-state index in [1.165, 1.54) is 25.3 Å². The highest BCUT2D eigenvalue weighted by Gasteiger charge is 2.29. The molecule has 2 N–H and O–H groups in total. The van der Waals surface area contributed by atoms with Crippen molar-refractivity contribution < 1.29 is 37.1 Å². The topological polar surface area (TPSA) is 127 Å². The van der Waals surface area contributed by atoms with Crippen LogP contribution < -0.4 is 15.2 Å². The molecule has 0 saturated heterocycles. The van der Waals surface area contributed by atoms with Gasteiger partial charge in [-0.2, -0.15) is 0 Å². The zero-order chi connectivity index (χ0) is 24.6. The number of hydrogen-bond donors (Lipinski definition) is 1. The molecule has 2 heterocycles. The molecule has 0 spiro atoms. The van der Waals surface area contributed by atoms with E-state index in [1.54, 1.807) is 32.9 Å². The number of carbonyl (C=O) groups excluding carboxylic acids is 2. The SMILES string of the molecule is CCOc1cc(F)ccc1-c1oc2cc(-c3c(C)noc3C)c(OC)cc2c1C(=O)OC(N)=O. The summed E-state index contributed by atoms with van der Waals surface area (Å²) in [5.41, 5.74) is 7.50. The average Bonchev–Trinajstić information content (AvgIpc) is 3.31. The van der Waals surface area contributed by atoms with Gasteiger partial charge >= 0.3 is 12.1 Å². The molecule has 10 heteroatoms. The molecule has 0 fully saturated rings. The summed E-state index contributed by atoms with van der Waals surface area (Å²) in [6, 6.07) is 7.01. The Hall–Kier alpha value is -4.34. The summed E-state index contributed by atoms with van der Waals surface area (Å²) in [7, 11) is 1.47. The number of nitrogens with two attached hydrogens (primary N) is 1. The van der Waals surface area contributed by atoms with Crippen LogP contribution in [0.1, 0.15) is 28.7 Å². The summed E-state index contributed by atoms with van der Waals surface area (Å²) < 4.78 is 41.0. The van der Waals surface area contributed by atoms with Crippen LogP contribution >= 0.6 is 0 Å². The monoisotopic (exact) mass is 468 g/mol. The van der Waals surface area contributed by atoms with Crippen LogP contribution in [0, 0.1) is 19.7 Å². The molecule has 0 aliphatic heterocycles. The van der Waals surface area contributed by atoms with Gasteiger partial charge in [-0.15, -0.1) is 0 Å². The lowest BCUT2D eigenvalue weighted by atomic mass is 9.99. The third-order valence-corrected chi connectivity index (χ3v) is 5.20. The van der Waals surface area contributed by atoms with Crippen molar-refractivity contribution in [2.45, 2.75) is 20.8 Å². The van der Waals surface area contributed by atoms with E-state index in [1.807, 2.05) is 0 Å². The Morgan fingerprint density at radius 3 is 2.50 bits per heavy atom. The molecule has 0 bridgehead atoms. The number of primary amides is 1.